The molecule has 0 spiro atoms. The van der Waals surface area contributed by atoms with Crippen molar-refractivity contribution in [3.05, 3.63) is 24.4 Å². The van der Waals surface area contributed by atoms with Crippen LogP contribution in [0.3, 0.4) is 0 Å². The van der Waals surface area contributed by atoms with Gasteiger partial charge in [-0.15, -0.1) is 0 Å². The number of hydrogen-bond acceptors (Lipinski definition) is 5. The van der Waals surface area contributed by atoms with Gasteiger partial charge in [0.2, 0.25) is 9.84 Å². The van der Waals surface area contributed by atoms with Crippen LogP contribution < -0.4 is 0 Å². The van der Waals surface area contributed by atoms with Gasteiger partial charge in [-0.25, -0.2) is 13.4 Å². The van der Waals surface area contributed by atoms with Crippen molar-refractivity contribution < 1.29 is 31.2 Å². The molecule has 1 fully saturated rings. The standard InChI is InChI=1S/C14H15F3N2O4S/c15-14(16,17)13(21)19-7-4-10(5-8-19)11(20)9-24(22,23)12-3-1-2-6-18-12/h1-3,6,10H,4-5,7-9H2. The summed E-state index contributed by atoms with van der Waals surface area (Å²) in [5.41, 5.74) is 0. The second-order valence-corrected chi connectivity index (χ2v) is 7.39. The molecule has 6 nitrogen and oxygen atoms in total. The molecule has 2 rings (SSSR count). The zero-order valence-electron chi connectivity index (χ0n) is 12.5. The molecule has 1 aromatic rings. The van der Waals surface area contributed by atoms with Crippen LogP contribution in [0.15, 0.2) is 29.4 Å². The minimum atomic E-state index is -4.95. The zero-order chi connectivity index (χ0) is 18.0. The number of Topliss-reactive ketones (excluding diaryl/α,β-unsaturated/α-hetero) is 1. The van der Waals surface area contributed by atoms with Crippen LogP contribution >= 0.6 is 0 Å². The lowest BCUT2D eigenvalue weighted by molar-refractivity contribution is -0.186. The molecule has 24 heavy (non-hydrogen) atoms. The van der Waals surface area contributed by atoms with Crippen molar-refractivity contribution in [3.63, 3.8) is 0 Å². The summed E-state index contributed by atoms with van der Waals surface area (Å²) in [6, 6.07) is 4.28. The van der Waals surface area contributed by atoms with E-state index in [1.807, 2.05) is 0 Å². The molecule has 1 aliphatic rings. The van der Waals surface area contributed by atoms with Crippen LogP contribution in [0.25, 0.3) is 0 Å². The van der Waals surface area contributed by atoms with Gasteiger partial charge in [-0.3, -0.25) is 9.59 Å². The number of ketones is 1. The van der Waals surface area contributed by atoms with Crippen LogP contribution in [0.4, 0.5) is 13.2 Å². The molecule has 1 amide bonds. The average Bonchev–Trinajstić information content (AvgIpc) is 2.54. The molecule has 0 aromatic carbocycles. The lowest BCUT2D eigenvalue weighted by Gasteiger charge is -2.31. The van der Waals surface area contributed by atoms with Crippen molar-refractivity contribution in [3.8, 4) is 0 Å². The van der Waals surface area contributed by atoms with E-state index >= 15 is 0 Å². The van der Waals surface area contributed by atoms with Crippen LogP contribution in [0, 0.1) is 5.92 Å². The number of piperidine rings is 1. The van der Waals surface area contributed by atoms with E-state index in [1.165, 1.54) is 24.4 Å². The van der Waals surface area contributed by atoms with Crippen molar-refractivity contribution in [2.24, 2.45) is 5.92 Å². The summed E-state index contributed by atoms with van der Waals surface area (Å²) >= 11 is 0. The third-order valence-corrected chi connectivity index (χ3v) is 5.31. The number of nitrogens with zero attached hydrogens (tertiary/aromatic N) is 2. The van der Waals surface area contributed by atoms with Gasteiger partial charge >= 0.3 is 12.1 Å². The van der Waals surface area contributed by atoms with Gasteiger partial charge < -0.3 is 4.90 Å². The summed E-state index contributed by atoms with van der Waals surface area (Å²) < 4.78 is 61.3. The number of likely N-dealkylation sites (tertiary alicyclic amines) is 1. The molecular formula is C14H15F3N2O4S. The van der Waals surface area contributed by atoms with Gasteiger partial charge in [-0.1, -0.05) is 6.07 Å². The second-order valence-electron chi connectivity index (χ2n) is 5.46. The maximum Gasteiger partial charge on any atom is 0.471 e. The summed E-state index contributed by atoms with van der Waals surface area (Å²) in [7, 11) is -3.88. The Labute approximate surface area is 136 Å². The van der Waals surface area contributed by atoms with E-state index in [0.717, 1.165) is 0 Å². The fraction of sp³-hybridized carbons (Fsp3) is 0.500. The summed E-state index contributed by atoms with van der Waals surface area (Å²) in [5, 5.41) is -0.219. The SMILES string of the molecule is O=C(CS(=O)(=O)c1ccccn1)C1CCN(C(=O)C(F)(F)F)CC1. The molecule has 132 valence electrons. The molecule has 1 aromatic heterocycles. The maximum atomic E-state index is 12.4. The largest absolute Gasteiger partial charge is 0.471 e. The summed E-state index contributed by atoms with van der Waals surface area (Å²) in [6.07, 6.45) is -3.63. The Kier molecular flexibility index (Phi) is 5.26. The van der Waals surface area contributed by atoms with Crippen LogP contribution in [-0.4, -0.2) is 55.0 Å². The molecule has 0 unspecified atom stereocenters. The smallest absolute Gasteiger partial charge is 0.335 e. The Morgan fingerprint density at radius 2 is 1.83 bits per heavy atom. The van der Waals surface area contributed by atoms with Crippen LogP contribution in [0.2, 0.25) is 0 Å². The van der Waals surface area contributed by atoms with E-state index in [1.54, 1.807) is 0 Å². The Morgan fingerprint density at radius 1 is 1.21 bits per heavy atom. The maximum absolute atomic E-state index is 12.4. The molecule has 0 aliphatic carbocycles. The van der Waals surface area contributed by atoms with Crippen molar-refractivity contribution in [2.75, 3.05) is 18.8 Å². The Hall–Kier alpha value is -1.97. The number of hydrogen-bond donors (Lipinski definition) is 0. The highest BCUT2D eigenvalue weighted by molar-refractivity contribution is 7.92. The normalized spacial score (nSPS) is 16.9. The van der Waals surface area contributed by atoms with E-state index in [0.29, 0.717) is 4.90 Å². The van der Waals surface area contributed by atoms with E-state index < -0.39 is 39.4 Å². The second kappa shape index (κ2) is 6.88. The van der Waals surface area contributed by atoms with Gasteiger partial charge in [0.05, 0.1) is 0 Å². The van der Waals surface area contributed by atoms with Crippen LogP contribution in [0.5, 0.6) is 0 Å². The molecule has 0 N–H and O–H groups in total. The highest BCUT2D eigenvalue weighted by Crippen LogP contribution is 2.25. The summed E-state index contributed by atoms with van der Waals surface area (Å²) in [5.74, 6) is -3.93. The van der Waals surface area contributed by atoms with E-state index in [-0.39, 0.29) is 31.0 Å². The Balaban J connectivity index is 1.95. The predicted octanol–water partition coefficient (Wildman–Crippen LogP) is 1.23. The first-order valence-corrected chi connectivity index (χ1v) is 8.79. The van der Waals surface area contributed by atoms with Gasteiger partial charge in [0, 0.05) is 25.2 Å². The summed E-state index contributed by atoms with van der Waals surface area (Å²) in [6.45, 7) is -0.448. The van der Waals surface area contributed by atoms with E-state index in [4.69, 9.17) is 0 Å². The molecule has 10 heteroatoms. The van der Waals surface area contributed by atoms with Gasteiger partial charge in [0.15, 0.2) is 10.8 Å². The van der Waals surface area contributed by atoms with Crippen molar-refractivity contribution in [1.29, 1.82) is 0 Å². The van der Waals surface area contributed by atoms with Gasteiger partial charge in [-0.05, 0) is 25.0 Å². The lowest BCUT2D eigenvalue weighted by Crippen LogP contribution is -2.46. The Morgan fingerprint density at radius 3 is 2.33 bits per heavy atom. The molecule has 0 radical (unpaired) electrons. The first-order chi connectivity index (χ1) is 11.1. The van der Waals surface area contributed by atoms with Crippen LogP contribution in [-0.2, 0) is 19.4 Å². The van der Waals surface area contributed by atoms with Gasteiger partial charge in [0.25, 0.3) is 0 Å². The zero-order valence-corrected chi connectivity index (χ0v) is 13.3. The van der Waals surface area contributed by atoms with Gasteiger partial charge in [0.1, 0.15) is 5.75 Å². The highest BCUT2D eigenvalue weighted by atomic mass is 32.2. The number of pyridine rings is 1. The topological polar surface area (TPSA) is 84.4 Å². The molecule has 2 heterocycles. The molecular weight excluding hydrogens is 349 g/mol. The lowest BCUT2D eigenvalue weighted by atomic mass is 9.93. The molecule has 1 saturated heterocycles. The quantitative estimate of drug-likeness (QED) is 0.802. The minimum Gasteiger partial charge on any atom is -0.335 e. The average molecular weight is 364 g/mol. The van der Waals surface area contributed by atoms with Gasteiger partial charge in [-0.2, -0.15) is 13.2 Å². The molecule has 0 atom stereocenters. The predicted molar refractivity (Wildman–Crippen MR) is 76.7 cm³/mol. The summed E-state index contributed by atoms with van der Waals surface area (Å²) in [4.78, 5) is 27.6. The Bertz CT molecular complexity index is 711. The fourth-order valence-corrected chi connectivity index (χ4v) is 3.76. The number of rotatable bonds is 4. The fourth-order valence-electron chi connectivity index (χ4n) is 2.49. The third kappa shape index (κ3) is 4.31. The number of alkyl halides is 3. The first kappa shape index (κ1) is 18.4. The van der Waals surface area contributed by atoms with Crippen molar-refractivity contribution in [1.82, 2.24) is 9.88 Å². The molecule has 0 saturated carbocycles. The molecule has 1 aliphatic heterocycles. The monoisotopic (exact) mass is 364 g/mol. The van der Waals surface area contributed by atoms with E-state index in [9.17, 15) is 31.2 Å². The number of halogens is 3. The van der Waals surface area contributed by atoms with Crippen LogP contribution in [0.1, 0.15) is 12.8 Å². The number of carbonyl (C=O) groups is 2. The minimum absolute atomic E-state index is 0.0123. The van der Waals surface area contributed by atoms with Crippen molar-refractivity contribution >= 4 is 21.5 Å². The van der Waals surface area contributed by atoms with E-state index in [2.05, 4.69) is 4.98 Å². The number of amides is 1. The number of sulfone groups is 1. The van der Waals surface area contributed by atoms with Crippen molar-refractivity contribution in [2.45, 2.75) is 24.0 Å². The highest BCUT2D eigenvalue weighted by Gasteiger charge is 2.43. The number of aromatic nitrogens is 1. The first-order valence-electron chi connectivity index (χ1n) is 7.14. The molecule has 0 bridgehead atoms. The third-order valence-electron chi connectivity index (χ3n) is 3.77. The number of carbonyl (C=O) groups excluding carboxylic acids is 2.